The minimum absolute atomic E-state index is 0.0629. The lowest BCUT2D eigenvalue weighted by Crippen LogP contribution is -2.57. The molecule has 0 heterocycles. The van der Waals surface area contributed by atoms with Gasteiger partial charge in [-0.15, -0.1) is 0 Å². The van der Waals surface area contributed by atoms with Crippen molar-refractivity contribution in [3.05, 3.63) is 0 Å². The molecule has 4 aliphatic carbocycles. The molecule has 2 heteroatoms. The molecule has 0 spiro atoms. The lowest BCUT2D eigenvalue weighted by molar-refractivity contribution is -0.162. The minimum Gasteiger partial charge on any atom is -0.393 e. The minimum atomic E-state index is -0.0629. The Kier molecular flexibility index (Phi) is 5.75. The third kappa shape index (κ3) is 3.30. The van der Waals surface area contributed by atoms with Crippen LogP contribution in [-0.2, 0) is 4.79 Å². The lowest BCUT2D eigenvalue weighted by atomic mass is 9.44. The normalized spacial score (nSPS) is 48.1. The van der Waals surface area contributed by atoms with Crippen LogP contribution < -0.4 is 0 Å². The standard InChI is InChI=1S/C26H44O2/c1-17(2)22(27)10-7-9-18-11-12-20-24-21(13-15-26(18,20)4)25(3)14-6-5-8-19(25)16-23(24)28/h17-21,23-24,28H,5-16H2,1-4H3. The molecule has 0 saturated heterocycles. The highest BCUT2D eigenvalue weighted by atomic mass is 16.3. The molecule has 0 amide bonds. The molecule has 4 fully saturated rings. The molecule has 0 aromatic heterocycles. The van der Waals surface area contributed by atoms with Crippen molar-refractivity contribution in [2.75, 3.05) is 0 Å². The summed E-state index contributed by atoms with van der Waals surface area (Å²) in [5.74, 6) is 4.16. The van der Waals surface area contributed by atoms with Gasteiger partial charge in [0.25, 0.3) is 0 Å². The molecule has 0 bridgehead atoms. The van der Waals surface area contributed by atoms with Gasteiger partial charge in [-0.2, -0.15) is 0 Å². The maximum Gasteiger partial charge on any atom is 0.135 e. The van der Waals surface area contributed by atoms with Crippen LogP contribution in [0.2, 0.25) is 0 Å². The molecular formula is C26H44O2. The van der Waals surface area contributed by atoms with E-state index >= 15 is 0 Å². The Morgan fingerprint density at radius 3 is 2.50 bits per heavy atom. The number of ketones is 1. The topological polar surface area (TPSA) is 37.3 Å². The maximum atomic E-state index is 12.0. The van der Waals surface area contributed by atoms with Crippen molar-refractivity contribution >= 4 is 5.78 Å². The van der Waals surface area contributed by atoms with Crippen molar-refractivity contribution < 1.29 is 9.90 Å². The number of carbonyl (C=O) groups is 1. The fourth-order valence-electron chi connectivity index (χ4n) is 8.65. The van der Waals surface area contributed by atoms with Crippen LogP contribution in [0.5, 0.6) is 0 Å². The Morgan fingerprint density at radius 2 is 1.75 bits per heavy atom. The van der Waals surface area contributed by atoms with E-state index in [9.17, 15) is 9.90 Å². The predicted octanol–water partition coefficient (Wildman–Crippen LogP) is 6.40. The van der Waals surface area contributed by atoms with Gasteiger partial charge in [0.05, 0.1) is 6.10 Å². The number of fused-ring (bicyclic) bond motifs is 5. The molecule has 2 nitrogen and oxygen atoms in total. The zero-order valence-electron chi connectivity index (χ0n) is 18.9. The van der Waals surface area contributed by atoms with Gasteiger partial charge in [0.15, 0.2) is 0 Å². The van der Waals surface area contributed by atoms with Crippen LogP contribution in [-0.4, -0.2) is 17.0 Å². The van der Waals surface area contributed by atoms with E-state index in [2.05, 4.69) is 13.8 Å². The molecule has 0 radical (unpaired) electrons. The van der Waals surface area contributed by atoms with Crippen LogP contribution in [0, 0.1) is 46.3 Å². The number of hydrogen-bond acceptors (Lipinski definition) is 2. The summed E-state index contributed by atoms with van der Waals surface area (Å²) in [4.78, 5) is 12.0. The first-order valence-electron chi connectivity index (χ1n) is 12.5. The van der Waals surface area contributed by atoms with Crippen molar-refractivity contribution in [3.8, 4) is 0 Å². The van der Waals surface area contributed by atoms with Gasteiger partial charge in [0, 0.05) is 12.3 Å². The fourth-order valence-corrected chi connectivity index (χ4v) is 8.65. The third-order valence-corrected chi connectivity index (χ3v) is 10.4. The molecule has 8 atom stereocenters. The fraction of sp³-hybridized carbons (Fsp3) is 0.962. The van der Waals surface area contributed by atoms with Crippen LogP contribution in [0.3, 0.4) is 0 Å². The quantitative estimate of drug-likeness (QED) is 0.591. The van der Waals surface area contributed by atoms with E-state index in [0.29, 0.717) is 28.4 Å². The molecule has 28 heavy (non-hydrogen) atoms. The van der Waals surface area contributed by atoms with Crippen molar-refractivity contribution in [3.63, 3.8) is 0 Å². The average molecular weight is 389 g/mol. The lowest BCUT2D eigenvalue weighted by Gasteiger charge is -2.62. The first-order chi connectivity index (χ1) is 13.3. The third-order valence-electron chi connectivity index (χ3n) is 10.4. The maximum absolute atomic E-state index is 12.0. The van der Waals surface area contributed by atoms with E-state index in [0.717, 1.165) is 37.0 Å². The molecule has 4 saturated carbocycles. The smallest absolute Gasteiger partial charge is 0.135 e. The number of aliphatic hydroxyl groups is 1. The first-order valence-corrected chi connectivity index (χ1v) is 12.5. The summed E-state index contributed by atoms with van der Waals surface area (Å²) in [6.45, 7) is 9.20. The molecule has 4 aliphatic rings. The summed E-state index contributed by atoms with van der Waals surface area (Å²) >= 11 is 0. The zero-order chi connectivity index (χ0) is 20.1. The van der Waals surface area contributed by atoms with Crippen LogP contribution in [0.15, 0.2) is 0 Å². The highest BCUT2D eigenvalue weighted by Gasteiger charge is 2.61. The summed E-state index contributed by atoms with van der Waals surface area (Å²) in [6, 6.07) is 0. The number of Topliss-reactive ketones (excluding diaryl/α,β-unsaturated/α-hetero) is 1. The van der Waals surface area contributed by atoms with E-state index in [1.807, 2.05) is 13.8 Å². The van der Waals surface area contributed by atoms with Crippen molar-refractivity contribution in [1.29, 1.82) is 0 Å². The van der Waals surface area contributed by atoms with Crippen molar-refractivity contribution in [2.45, 2.75) is 111 Å². The van der Waals surface area contributed by atoms with Gasteiger partial charge in [-0.05, 0) is 98.2 Å². The van der Waals surface area contributed by atoms with Crippen LogP contribution in [0.25, 0.3) is 0 Å². The van der Waals surface area contributed by atoms with E-state index in [4.69, 9.17) is 0 Å². The molecule has 1 N–H and O–H groups in total. The van der Waals surface area contributed by atoms with Crippen molar-refractivity contribution in [1.82, 2.24) is 0 Å². The predicted molar refractivity (Wildman–Crippen MR) is 115 cm³/mol. The molecule has 160 valence electrons. The van der Waals surface area contributed by atoms with Gasteiger partial charge in [-0.1, -0.05) is 40.5 Å². The summed E-state index contributed by atoms with van der Waals surface area (Å²) in [7, 11) is 0. The van der Waals surface area contributed by atoms with Gasteiger partial charge in [-0.3, -0.25) is 4.79 Å². The average Bonchev–Trinajstić information content (AvgIpc) is 2.98. The second-order valence-corrected chi connectivity index (χ2v) is 11.9. The second kappa shape index (κ2) is 7.71. The van der Waals surface area contributed by atoms with E-state index < -0.39 is 0 Å². The van der Waals surface area contributed by atoms with Crippen LogP contribution >= 0.6 is 0 Å². The summed E-state index contributed by atoms with van der Waals surface area (Å²) in [5.41, 5.74) is 0.895. The Hall–Kier alpha value is -0.370. The molecule has 0 aliphatic heterocycles. The number of hydrogen-bond donors (Lipinski definition) is 1. The van der Waals surface area contributed by atoms with Gasteiger partial charge in [0.1, 0.15) is 5.78 Å². The Bertz CT molecular complexity index is 583. The Balaban J connectivity index is 1.47. The molecule has 0 aromatic rings. The Morgan fingerprint density at radius 1 is 1.00 bits per heavy atom. The van der Waals surface area contributed by atoms with Crippen molar-refractivity contribution in [2.24, 2.45) is 46.3 Å². The van der Waals surface area contributed by atoms with E-state index in [1.54, 1.807) is 0 Å². The summed E-state index contributed by atoms with van der Waals surface area (Å²) in [6.07, 6.45) is 14.9. The molecular weight excluding hydrogens is 344 g/mol. The van der Waals surface area contributed by atoms with E-state index in [-0.39, 0.29) is 12.0 Å². The van der Waals surface area contributed by atoms with Crippen LogP contribution in [0.4, 0.5) is 0 Å². The SMILES string of the molecule is CC(C)C(=O)CCCC1CCC2C3C(O)CC4CCCCC4(C)C3CCC12C. The second-order valence-electron chi connectivity index (χ2n) is 11.9. The highest BCUT2D eigenvalue weighted by Crippen LogP contribution is 2.67. The Labute approximate surface area is 173 Å². The summed E-state index contributed by atoms with van der Waals surface area (Å²) < 4.78 is 0. The monoisotopic (exact) mass is 388 g/mol. The van der Waals surface area contributed by atoms with Gasteiger partial charge < -0.3 is 5.11 Å². The van der Waals surface area contributed by atoms with Crippen LogP contribution in [0.1, 0.15) is 105 Å². The van der Waals surface area contributed by atoms with Gasteiger partial charge in [-0.25, -0.2) is 0 Å². The molecule has 8 unspecified atom stereocenters. The van der Waals surface area contributed by atoms with Gasteiger partial charge >= 0.3 is 0 Å². The molecule has 0 aromatic carbocycles. The molecule has 4 rings (SSSR count). The highest BCUT2D eigenvalue weighted by molar-refractivity contribution is 5.80. The number of carbonyl (C=O) groups excluding carboxylic acids is 1. The van der Waals surface area contributed by atoms with E-state index in [1.165, 1.54) is 57.8 Å². The zero-order valence-corrected chi connectivity index (χ0v) is 18.9. The largest absolute Gasteiger partial charge is 0.393 e. The number of rotatable bonds is 5. The summed E-state index contributed by atoms with van der Waals surface area (Å²) in [5, 5.41) is 11.3. The van der Waals surface area contributed by atoms with Gasteiger partial charge in [0.2, 0.25) is 0 Å². The first kappa shape index (κ1) is 20.9. The number of aliphatic hydroxyl groups excluding tert-OH is 1.